The van der Waals surface area contributed by atoms with Crippen molar-refractivity contribution in [3.8, 4) is 0 Å². The molecule has 0 fully saturated rings. The lowest BCUT2D eigenvalue weighted by Gasteiger charge is -2.22. The minimum atomic E-state index is -0.886. The molecule has 0 saturated heterocycles. The van der Waals surface area contributed by atoms with Gasteiger partial charge < -0.3 is 14.7 Å². The molecule has 0 aromatic rings. The zero-order valence-corrected chi connectivity index (χ0v) is 9.60. The lowest BCUT2D eigenvalue weighted by molar-refractivity contribution is -0.142. The molecule has 0 aromatic heterocycles. The summed E-state index contributed by atoms with van der Waals surface area (Å²) in [7, 11) is 0. The van der Waals surface area contributed by atoms with Gasteiger partial charge in [-0.1, -0.05) is 6.92 Å². The molecule has 5 heteroatoms. The minimum Gasteiger partial charge on any atom is -0.500 e. The minimum absolute atomic E-state index is 0.117. The molecule has 1 heterocycles. The topological polar surface area (TPSA) is 66.8 Å². The molecule has 0 spiro atoms. The monoisotopic (exact) mass is 227 g/mol. The summed E-state index contributed by atoms with van der Waals surface area (Å²) in [6, 6.07) is 0. The molecular weight excluding hydrogens is 210 g/mol. The molecule has 1 amide bonds. The molecule has 0 saturated carbocycles. The van der Waals surface area contributed by atoms with Crippen LogP contribution in [0, 0.1) is 5.92 Å². The van der Waals surface area contributed by atoms with Crippen LogP contribution in [0.5, 0.6) is 0 Å². The van der Waals surface area contributed by atoms with Crippen molar-refractivity contribution in [3.63, 3.8) is 0 Å². The van der Waals surface area contributed by atoms with Gasteiger partial charge in [0, 0.05) is 19.5 Å². The van der Waals surface area contributed by atoms with Gasteiger partial charge in [-0.3, -0.25) is 9.59 Å². The predicted octanol–water partition coefficient (Wildman–Crippen LogP) is 0.860. The third kappa shape index (κ3) is 2.98. The number of hydrogen-bond acceptors (Lipinski definition) is 3. The number of carboxylic acids is 1. The summed E-state index contributed by atoms with van der Waals surface area (Å²) in [5.41, 5.74) is 0.624. The first-order chi connectivity index (χ1) is 7.56. The Morgan fingerprint density at radius 3 is 2.75 bits per heavy atom. The van der Waals surface area contributed by atoms with Crippen LogP contribution in [0.3, 0.4) is 0 Å². The Balaban J connectivity index is 2.59. The first-order valence-corrected chi connectivity index (χ1v) is 5.39. The van der Waals surface area contributed by atoms with Crippen molar-refractivity contribution in [1.29, 1.82) is 0 Å². The molecule has 1 aliphatic rings. The maximum Gasteiger partial charge on any atom is 0.308 e. The SMILES string of the molecule is CCN(CC(C)C(=O)O)C(=O)C1=COCC1. The van der Waals surface area contributed by atoms with Crippen molar-refractivity contribution in [2.45, 2.75) is 20.3 Å². The van der Waals surface area contributed by atoms with Crippen molar-refractivity contribution in [2.75, 3.05) is 19.7 Å². The predicted molar refractivity (Wildman–Crippen MR) is 57.7 cm³/mol. The maximum absolute atomic E-state index is 11.9. The number of carbonyl (C=O) groups excluding carboxylic acids is 1. The summed E-state index contributed by atoms with van der Waals surface area (Å²) in [6.07, 6.45) is 2.08. The standard InChI is InChI=1S/C11H17NO4/c1-3-12(6-8(2)11(14)15)10(13)9-4-5-16-7-9/h7-8H,3-6H2,1-2H3,(H,14,15). The Morgan fingerprint density at radius 1 is 1.62 bits per heavy atom. The Bertz CT molecular complexity index is 311. The summed E-state index contributed by atoms with van der Waals surface area (Å²) in [5.74, 6) is -1.55. The van der Waals surface area contributed by atoms with Crippen LogP contribution in [-0.2, 0) is 14.3 Å². The molecule has 5 nitrogen and oxygen atoms in total. The van der Waals surface area contributed by atoms with E-state index >= 15 is 0 Å². The zero-order chi connectivity index (χ0) is 12.1. The highest BCUT2D eigenvalue weighted by molar-refractivity contribution is 5.93. The number of amides is 1. The summed E-state index contributed by atoms with van der Waals surface area (Å²) >= 11 is 0. The lowest BCUT2D eigenvalue weighted by atomic mass is 10.1. The molecule has 16 heavy (non-hydrogen) atoms. The van der Waals surface area contributed by atoms with E-state index in [9.17, 15) is 9.59 Å². The van der Waals surface area contributed by atoms with E-state index in [2.05, 4.69) is 0 Å². The summed E-state index contributed by atoms with van der Waals surface area (Å²) < 4.78 is 5.00. The van der Waals surface area contributed by atoms with Crippen LogP contribution >= 0.6 is 0 Å². The second kappa shape index (κ2) is 5.53. The average molecular weight is 227 g/mol. The number of ether oxygens (including phenoxy) is 1. The highest BCUT2D eigenvalue weighted by atomic mass is 16.5. The Kier molecular flexibility index (Phi) is 4.34. The van der Waals surface area contributed by atoms with Gasteiger partial charge in [-0.15, -0.1) is 0 Å². The fourth-order valence-electron chi connectivity index (χ4n) is 1.51. The van der Waals surface area contributed by atoms with E-state index in [1.807, 2.05) is 6.92 Å². The van der Waals surface area contributed by atoms with Gasteiger partial charge in [-0.25, -0.2) is 0 Å². The molecule has 1 N–H and O–H groups in total. The molecule has 1 aliphatic heterocycles. The van der Waals surface area contributed by atoms with Crippen LogP contribution in [0.4, 0.5) is 0 Å². The molecule has 0 aliphatic carbocycles. The van der Waals surface area contributed by atoms with Gasteiger partial charge >= 0.3 is 5.97 Å². The van der Waals surface area contributed by atoms with Crippen molar-refractivity contribution < 1.29 is 19.4 Å². The molecule has 90 valence electrons. The summed E-state index contributed by atoms with van der Waals surface area (Å²) in [4.78, 5) is 24.2. The highest BCUT2D eigenvalue weighted by Gasteiger charge is 2.23. The number of aliphatic carboxylic acids is 1. The average Bonchev–Trinajstić information content (AvgIpc) is 2.77. The normalized spacial score (nSPS) is 16.2. The second-order valence-corrected chi connectivity index (χ2v) is 3.85. The Labute approximate surface area is 94.7 Å². The fourth-order valence-corrected chi connectivity index (χ4v) is 1.51. The second-order valence-electron chi connectivity index (χ2n) is 3.85. The number of hydrogen-bond donors (Lipinski definition) is 1. The van der Waals surface area contributed by atoms with Crippen molar-refractivity contribution in [1.82, 2.24) is 4.90 Å². The zero-order valence-electron chi connectivity index (χ0n) is 9.60. The Morgan fingerprint density at radius 2 is 2.31 bits per heavy atom. The van der Waals surface area contributed by atoms with Gasteiger partial charge in [-0.2, -0.15) is 0 Å². The van der Waals surface area contributed by atoms with Gasteiger partial charge in [-0.05, 0) is 6.92 Å². The number of carbonyl (C=O) groups is 2. The van der Waals surface area contributed by atoms with Crippen LogP contribution in [0.2, 0.25) is 0 Å². The third-order valence-electron chi connectivity index (χ3n) is 2.57. The van der Waals surface area contributed by atoms with Crippen LogP contribution < -0.4 is 0 Å². The first-order valence-electron chi connectivity index (χ1n) is 5.39. The van der Waals surface area contributed by atoms with Crippen molar-refractivity contribution in [2.24, 2.45) is 5.92 Å². The molecule has 1 atom stereocenters. The van der Waals surface area contributed by atoms with E-state index in [-0.39, 0.29) is 12.5 Å². The quantitative estimate of drug-likeness (QED) is 0.756. The van der Waals surface area contributed by atoms with Gasteiger partial charge in [0.1, 0.15) is 0 Å². The number of rotatable bonds is 5. The highest BCUT2D eigenvalue weighted by Crippen LogP contribution is 2.14. The first kappa shape index (κ1) is 12.5. The third-order valence-corrected chi connectivity index (χ3v) is 2.57. The smallest absolute Gasteiger partial charge is 0.308 e. The lowest BCUT2D eigenvalue weighted by Crippen LogP contribution is -2.37. The summed E-state index contributed by atoms with van der Waals surface area (Å²) in [5, 5.41) is 8.80. The number of likely N-dealkylation sites (N-methyl/N-ethyl adjacent to an activating group) is 1. The van der Waals surface area contributed by atoms with Crippen molar-refractivity contribution in [3.05, 3.63) is 11.8 Å². The van der Waals surface area contributed by atoms with E-state index in [0.29, 0.717) is 25.1 Å². The van der Waals surface area contributed by atoms with Crippen LogP contribution in [0.15, 0.2) is 11.8 Å². The number of nitrogens with zero attached hydrogens (tertiary/aromatic N) is 1. The number of carboxylic acid groups (broad SMARTS) is 1. The largest absolute Gasteiger partial charge is 0.500 e. The molecular formula is C11H17NO4. The maximum atomic E-state index is 11.9. The van der Waals surface area contributed by atoms with Crippen molar-refractivity contribution >= 4 is 11.9 Å². The van der Waals surface area contributed by atoms with Gasteiger partial charge in [0.05, 0.1) is 24.4 Å². The van der Waals surface area contributed by atoms with Gasteiger partial charge in [0.25, 0.3) is 5.91 Å². The van der Waals surface area contributed by atoms with Gasteiger partial charge in [0.2, 0.25) is 0 Å². The van der Waals surface area contributed by atoms with E-state index in [1.54, 1.807) is 11.8 Å². The molecule has 1 rings (SSSR count). The summed E-state index contributed by atoms with van der Waals surface area (Å²) in [6.45, 7) is 4.71. The van der Waals surface area contributed by atoms with E-state index in [1.165, 1.54) is 6.26 Å². The molecule has 1 unspecified atom stereocenters. The molecule has 0 radical (unpaired) electrons. The van der Waals surface area contributed by atoms with Crippen LogP contribution in [-0.4, -0.2) is 41.6 Å². The molecule has 0 aromatic carbocycles. The van der Waals surface area contributed by atoms with Gasteiger partial charge in [0.15, 0.2) is 0 Å². The van der Waals surface area contributed by atoms with E-state index in [4.69, 9.17) is 9.84 Å². The Hall–Kier alpha value is -1.52. The van der Waals surface area contributed by atoms with E-state index < -0.39 is 11.9 Å². The van der Waals surface area contributed by atoms with Crippen LogP contribution in [0.25, 0.3) is 0 Å². The molecule has 0 bridgehead atoms. The fraction of sp³-hybridized carbons (Fsp3) is 0.636. The van der Waals surface area contributed by atoms with Crippen LogP contribution in [0.1, 0.15) is 20.3 Å². The van der Waals surface area contributed by atoms with E-state index in [0.717, 1.165) is 0 Å².